The first-order chi connectivity index (χ1) is 6.36. The van der Waals surface area contributed by atoms with Gasteiger partial charge < -0.3 is 14.6 Å². The predicted octanol–water partition coefficient (Wildman–Crippen LogP) is -0.556. The molecular formula is C8H11N3O2. The molecule has 13 heavy (non-hydrogen) atoms. The van der Waals surface area contributed by atoms with E-state index in [2.05, 4.69) is 10.3 Å². The van der Waals surface area contributed by atoms with Crippen molar-refractivity contribution in [3.63, 3.8) is 0 Å². The first-order valence-corrected chi connectivity index (χ1v) is 4.28. The van der Waals surface area contributed by atoms with E-state index in [-0.39, 0.29) is 5.63 Å². The Balaban J connectivity index is 2.19. The van der Waals surface area contributed by atoms with Crippen molar-refractivity contribution in [2.75, 3.05) is 31.1 Å². The molecule has 2 rings (SSSR count). The summed E-state index contributed by atoms with van der Waals surface area (Å²) in [5.41, 5.74) is -0.344. The van der Waals surface area contributed by atoms with Crippen molar-refractivity contribution >= 4 is 6.01 Å². The molecule has 1 fully saturated rings. The first-order valence-electron chi connectivity index (χ1n) is 4.28. The summed E-state index contributed by atoms with van der Waals surface area (Å²) in [6, 6.07) is 1.74. The molecule has 1 N–H and O–H groups in total. The number of anilines is 1. The highest BCUT2D eigenvalue weighted by Gasteiger charge is 2.13. The molecule has 1 aliphatic heterocycles. The van der Waals surface area contributed by atoms with Crippen molar-refractivity contribution in [2.45, 2.75) is 0 Å². The number of hydrogen-bond acceptors (Lipinski definition) is 5. The monoisotopic (exact) mass is 181 g/mol. The van der Waals surface area contributed by atoms with Crippen LogP contribution in [0.4, 0.5) is 6.01 Å². The van der Waals surface area contributed by atoms with Crippen molar-refractivity contribution < 1.29 is 4.42 Å². The third-order valence-corrected chi connectivity index (χ3v) is 1.97. The number of piperazine rings is 1. The average Bonchev–Trinajstić information content (AvgIpc) is 2.19. The van der Waals surface area contributed by atoms with E-state index < -0.39 is 0 Å². The molecule has 0 amide bonds. The largest absolute Gasteiger partial charge is 0.389 e. The molecule has 1 aromatic heterocycles. The molecular weight excluding hydrogens is 170 g/mol. The second-order valence-electron chi connectivity index (χ2n) is 2.89. The lowest BCUT2D eigenvalue weighted by Crippen LogP contribution is -2.44. The van der Waals surface area contributed by atoms with Gasteiger partial charge in [0.1, 0.15) is 0 Å². The quantitative estimate of drug-likeness (QED) is 0.629. The van der Waals surface area contributed by atoms with Crippen LogP contribution in [0.2, 0.25) is 0 Å². The molecule has 0 spiro atoms. The Morgan fingerprint density at radius 3 is 2.92 bits per heavy atom. The minimum atomic E-state index is -0.344. The Morgan fingerprint density at radius 2 is 2.23 bits per heavy atom. The van der Waals surface area contributed by atoms with Gasteiger partial charge in [-0.25, -0.2) is 9.78 Å². The van der Waals surface area contributed by atoms with E-state index in [0.717, 1.165) is 26.2 Å². The van der Waals surface area contributed by atoms with Crippen molar-refractivity contribution in [3.8, 4) is 0 Å². The van der Waals surface area contributed by atoms with E-state index in [1.807, 2.05) is 4.90 Å². The molecule has 0 saturated carbocycles. The lowest BCUT2D eigenvalue weighted by atomic mass is 10.4. The third-order valence-electron chi connectivity index (χ3n) is 1.97. The zero-order valence-corrected chi connectivity index (χ0v) is 7.19. The first kappa shape index (κ1) is 8.25. The van der Waals surface area contributed by atoms with E-state index >= 15 is 0 Å². The Morgan fingerprint density at radius 1 is 1.46 bits per heavy atom. The standard InChI is InChI=1S/C8H11N3O2/c12-7-1-2-10-8(13-7)11-5-3-9-4-6-11/h1-2,9H,3-6H2. The molecule has 0 atom stereocenters. The maximum absolute atomic E-state index is 10.9. The lowest BCUT2D eigenvalue weighted by molar-refractivity contribution is 0.457. The van der Waals surface area contributed by atoms with Crippen molar-refractivity contribution in [3.05, 3.63) is 22.7 Å². The number of hydrogen-bond donors (Lipinski definition) is 1. The fourth-order valence-electron chi connectivity index (χ4n) is 1.31. The minimum Gasteiger partial charge on any atom is -0.389 e. The number of nitrogens with zero attached hydrogens (tertiary/aromatic N) is 2. The fraction of sp³-hybridized carbons (Fsp3) is 0.500. The Hall–Kier alpha value is -1.36. The van der Waals surface area contributed by atoms with Crippen LogP contribution in [0, 0.1) is 0 Å². The Bertz CT molecular complexity index is 330. The van der Waals surface area contributed by atoms with Crippen LogP contribution in [0.15, 0.2) is 21.5 Å². The summed E-state index contributed by atoms with van der Waals surface area (Å²) < 4.78 is 4.95. The van der Waals surface area contributed by atoms with Gasteiger partial charge in [0.25, 0.3) is 6.01 Å². The summed E-state index contributed by atoms with van der Waals surface area (Å²) >= 11 is 0. The van der Waals surface area contributed by atoms with Gasteiger partial charge in [-0.1, -0.05) is 0 Å². The third kappa shape index (κ3) is 1.86. The predicted molar refractivity (Wildman–Crippen MR) is 47.9 cm³/mol. The molecule has 0 radical (unpaired) electrons. The second-order valence-corrected chi connectivity index (χ2v) is 2.89. The molecule has 0 unspecified atom stereocenters. The number of aromatic nitrogens is 1. The maximum Gasteiger partial charge on any atom is 0.340 e. The molecule has 0 aromatic carbocycles. The van der Waals surface area contributed by atoms with Gasteiger partial charge in [-0.15, -0.1) is 0 Å². The molecule has 0 bridgehead atoms. The molecule has 1 aliphatic rings. The summed E-state index contributed by atoms with van der Waals surface area (Å²) in [6.45, 7) is 3.47. The molecule has 5 nitrogen and oxygen atoms in total. The van der Waals surface area contributed by atoms with E-state index in [1.54, 1.807) is 0 Å². The smallest absolute Gasteiger partial charge is 0.340 e. The van der Waals surface area contributed by atoms with Crippen LogP contribution in [-0.4, -0.2) is 31.2 Å². The summed E-state index contributed by atoms with van der Waals surface area (Å²) in [6.07, 6.45) is 1.48. The normalized spacial score (nSPS) is 17.4. The highest BCUT2D eigenvalue weighted by atomic mass is 16.4. The maximum atomic E-state index is 10.9. The molecule has 5 heteroatoms. The van der Waals surface area contributed by atoms with Crippen LogP contribution in [0.25, 0.3) is 0 Å². The summed E-state index contributed by atoms with van der Waals surface area (Å²) in [7, 11) is 0. The zero-order chi connectivity index (χ0) is 9.10. The summed E-state index contributed by atoms with van der Waals surface area (Å²) in [5.74, 6) is 0. The summed E-state index contributed by atoms with van der Waals surface area (Å²) in [4.78, 5) is 16.8. The van der Waals surface area contributed by atoms with E-state index in [1.165, 1.54) is 12.3 Å². The van der Waals surface area contributed by atoms with E-state index in [9.17, 15) is 4.79 Å². The van der Waals surface area contributed by atoms with Crippen LogP contribution in [0.3, 0.4) is 0 Å². The highest BCUT2D eigenvalue weighted by Crippen LogP contribution is 2.06. The second kappa shape index (κ2) is 3.57. The summed E-state index contributed by atoms with van der Waals surface area (Å²) in [5, 5.41) is 3.21. The topological polar surface area (TPSA) is 58.4 Å². The van der Waals surface area contributed by atoms with Crippen LogP contribution in [-0.2, 0) is 0 Å². The van der Waals surface area contributed by atoms with Gasteiger partial charge in [-0.2, -0.15) is 0 Å². The molecule has 1 saturated heterocycles. The molecule has 1 aromatic rings. The molecule has 2 heterocycles. The van der Waals surface area contributed by atoms with Gasteiger partial charge in [0.05, 0.1) is 0 Å². The minimum absolute atomic E-state index is 0.344. The van der Waals surface area contributed by atoms with Gasteiger partial charge in [-0.05, 0) is 0 Å². The Labute approximate surface area is 75.4 Å². The van der Waals surface area contributed by atoms with E-state index in [0.29, 0.717) is 6.01 Å². The molecule has 70 valence electrons. The van der Waals surface area contributed by atoms with Gasteiger partial charge in [0, 0.05) is 38.4 Å². The lowest BCUT2D eigenvalue weighted by Gasteiger charge is -2.26. The van der Waals surface area contributed by atoms with Gasteiger partial charge in [-0.3, -0.25) is 0 Å². The van der Waals surface area contributed by atoms with Gasteiger partial charge in [0.2, 0.25) is 0 Å². The Kier molecular flexibility index (Phi) is 2.27. The van der Waals surface area contributed by atoms with Gasteiger partial charge >= 0.3 is 5.63 Å². The average molecular weight is 181 g/mol. The van der Waals surface area contributed by atoms with Crippen molar-refractivity contribution in [1.29, 1.82) is 0 Å². The number of nitrogens with one attached hydrogen (secondary N) is 1. The zero-order valence-electron chi connectivity index (χ0n) is 7.19. The van der Waals surface area contributed by atoms with Crippen LogP contribution >= 0.6 is 0 Å². The van der Waals surface area contributed by atoms with Gasteiger partial charge in [0.15, 0.2) is 0 Å². The van der Waals surface area contributed by atoms with Crippen molar-refractivity contribution in [1.82, 2.24) is 10.3 Å². The fourth-order valence-corrected chi connectivity index (χ4v) is 1.31. The van der Waals surface area contributed by atoms with Crippen LogP contribution < -0.4 is 15.8 Å². The highest BCUT2D eigenvalue weighted by molar-refractivity contribution is 5.25. The van der Waals surface area contributed by atoms with Crippen molar-refractivity contribution in [2.24, 2.45) is 0 Å². The van der Waals surface area contributed by atoms with Crippen LogP contribution in [0.1, 0.15) is 0 Å². The SMILES string of the molecule is O=c1ccnc(N2CCNCC2)o1. The number of rotatable bonds is 1. The van der Waals surface area contributed by atoms with E-state index in [4.69, 9.17) is 4.42 Å². The van der Waals surface area contributed by atoms with Crippen LogP contribution in [0.5, 0.6) is 0 Å². The molecule has 0 aliphatic carbocycles.